The van der Waals surface area contributed by atoms with Gasteiger partial charge in [0.1, 0.15) is 0 Å². The summed E-state index contributed by atoms with van der Waals surface area (Å²) in [6.07, 6.45) is 8.71. The highest BCUT2D eigenvalue weighted by Gasteiger charge is 2.14. The molecular formula is C8H9IN2. The number of halogens is 1. The van der Waals surface area contributed by atoms with Gasteiger partial charge in [-0.3, -0.25) is 5.43 Å². The van der Waals surface area contributed by atoms with Gasteiger partial charge in [0.2, 0.25) is 0 Å². The van der Waals surface area contributed by atoms with Crippen molar-refractivity contribution in [2.75, 3.05) is 6.54 Å². The van der Waals surface area contributed by atoms with Gasteiger partial charge in [0.15, 0.2) is 0 Å². The van der Waals surface area contributed by atoms with E-state index in [0.717, 1.165) is 6.54 Å². The van der Waals surface area contributed by atoms with Gasteiger partial charge in [0.25, 0.3) is 0 Å². The number of fused-ring (bicyclic) bond motifs is 1. The predicted octanol–water partition coefficient (Wildman–Crippen LogP) is 1.28. The van der Waals surface area contributed by atoms with Crippen LogP contribution in [0.2, 0.25) is 0 Å². The summed E-state index contributed by atoms with van der Waals surface area (Å²) in [4.78, 5) is 0. The van der Waals surface area contributed by atoms with E-state index < -0.39 is 0 Å². The highest BCUT2D eigenvalue weighted by atomic mass is 127. The Bertz CT molecular complexity index is 253. The van der Waals surface area contributed by atoms with Crippen molar-refractivity contribution >= 4 is 22.6 Å². The number of allylic oxidation sites excluding steroid dienone is 2. The topological polar surface area (TPSA) is 24.1 Å². The Morgan fingerprint density at radius 3 is 3.36 bits per heavy atom. The van der Waals surface area contributed by atoms with E-state index in [1.165, 1.54) is 9.15 Å². The zero-order valence-corrected chi connectivity index (χ0v) is 8.13. The molecule has 0 fully saturated rings. The van der Waals surface area contributed by atoms with Gasteiger partial charge in [-0.15, -0.1) is 0 Å². The van der Waals surface area contributed by atoms with Crippen LogP contribution in [0.4, 0.5) is 0 Å². The molecule has 3 heteroatoms. The smallest absolute Gasteiger partial charge is 0.0644 e. The first-order chi connectivity index (χ1) is 5.36. The van der Waals surface area contributed by atoms with Gasteiger partial charge >= 0.3 is 0 Å². The Hall–Kier alpha value is -0.130. The Labute approximate surface area is 79.5 Å². The van der Waals surface area contributed by atoms with Gasteiger partial charge in [0.05, 0.1) is 6.04 Å². The van der Waals surface area contributed by atoms with E-state index in [4.69, 9.17) is 0 Å². The van der Waals surface area contributed by atoms with Crippen LogP contribution >= 0.6 is 22.6 Å². The fraction of sp³-hybridized carbons (Fsp3) is 0.250. The molecule has 0 aromatic carbocycles. The van der Waals surface area contributed by atoms with Crippen molar-refractivity contribution in [3.05, 3.63) is 33.5 Å². The Balaban J connectivity index is 2.29. The molecule has 1 heterocycles. The molecule has 0 bridgehead atoms. The number of rotatable bonds is 0. The number of nitrogens with one attached hydrogen (secondary N) is 2. The lowest BCUT2D eigenvalue weighted by molar-refractivity contribution is 0.520. The highest BCUT2D eigenvalue weighted by molar-refractivity contribution is 14.1. The molecule has 0 aromatic heterocycles. The first kappa shape index (κ1) is 7.52. The predicted molar refractivity (Wildman–Crippen MR) is 54.3 cm³/mol. The van der Waals surface area contributed by atoms with Gasteiger partial charge in [0, 0.05) is 10.1 Å². The van der Waals surface area contributed by atoms with Gasteiger partial charge in [-0.05, 0) is 34.2 Å². The average molecular weight is 260 g/mol. The summed E-state index contributed by atoms with van der Waals surface area (Å²) in [6, 6.07) is 0.377. The zero-order valence-electron chi connectivity index (χ0n) is 5.97. The van der Waals surface area contributed by atoms with Crippen LogP contribution in [0.3, 0.4) is 0 Å². The quantitative estimate of drug-likeness (QED) is 0.641. The van der Waals surface area contributed by atoms with Crippen LogP contribution in [0, 0.1) is 0 Å². The minimum atomic E-state index is 0.377. The summed E-state index contributed by atoms with van der Waals surface area (Å²) >= 11 is 2.33. The maximum Gasteiger partial charge on any atom is 0.0644 e. The summed E-state index contributed by atoms with van der Waals surface area (Å²) in [5.41, 5.74) is 7.65. The van der Waals surface area contributed by atoms with Crippen molar-refractivity contribution in [1.29, 1.82) is 0 Å². The SMILES string of the molecule is IC1=CC2=CCNNC2C=C1. The van der Waals surface area contributed by atoms with Gasteiger partial charge in [-0.2, -0.15) is 0 Å². The van der Waals surface area contributed by atoms with Crippen LogP contribution in [-0.4, -0.2) is 12.6 Å². The molecular weight excluding hydrogens is 251 g/mol. The van der Waals surface area contributed by atoms with Gasteiger partial charge in [-0.25, -0.2) is 5.43 Å². The maximum atomic E-state index is 3.19. The molecule has 11 heavy (non-hydrogen) atoms. The second kappa shape index (κ2) is 3.08. The summed E-state index contributed by atoms with van der Waals surface area (Å²) < 4.78 is 1.30. The third-order valence-electron chi connectivity index (χ3n) is 1.81. The molecule has 0 saturated heterocycles. The van der Waals surface area contributed by atoms with E-state index in [-0.39, 0.29) is 0 Å². The minimum Gasteiger partial charge on any atom is -0.253 e. The first-order valence-corrected chi connectivity index (χ1v) is 4.68. The molecule has 2 aliphatic rings. The van der Waals surface area contributed by atoms with E-state index in [1.54, 1.807) is 0 Å². The molecule has 1 atom stereocenters. The fourth-order valence-corrected chi connectivity index (χ4v) is 1.82. The van der Waals surface area contributed by atoms with Crippen molar-refractivity contribution in [3.63, 3.8) is 0 Å². The van der Waals surface area contributed by atoms with Crippen molar-refractivity contribution in [2.45, 2.75) is 6.04 Å². The van der Waals surface area contributed by atoms with Crippen LogP contribution in [0.1, 0.15) is 0 Å². The molecule has 2 nitrogen and oxygen atoms in total. The second-order valence-corrected chi connectivity index (χ2v) is 3.84. The summed E-state index contributed by atoms with van der Waals surface area (Å²) in [5.74, 6) is 0. The van der Waals surface area contributed by atoms with E-state index in [9.17, 15) is 0 Å². The highest BCUT2D eigenvalue weighted by Crippen LogP contribution is 2.21. The Morgan fingerprint density at radius 2 is 2.45 bits per heavy atom. The van der Waals surface area contributed by atoms with Crippen LogP contribution in [0.25, 0.3) is 0 Å². The van der Waals surface area contributed by atoms with Crippen molar-refractivity contribution in [1.82, 2.24) is 10.9 Å². The number of hydrogen-bond donors (Lipinski definition) is 2. The lowest BCUT2D eigenvalue weighted by Crippen LogP contribution is -2.44. The molecule has 2 N–H and O–H groups in total. The van der Waals surface area contributed by atoms with Gasteiger partial charge < -0.3 is 0 Å². The van der Waals surface area contributed by atoms with E-state index >= 15 is 0 Å². The minimum absolute atomic E-state index is 0.377. The number of hydrazine groups is 1. The van der Waals surface area contributed by atoms with Crippen LogP contribution in [0.5, 0.6) is 0 Å². The normalized spacial score (nSPS) is 29.0. The third kappa shape index (κ3) is 1.55. The number of hydrogen-bond acceptors (Lipinski definition) is 2. The van der Waals surface area contributed by atoms with E-state index in [2.05, 4.69) is 57.7 Å². The molecule has 0 aromatic rings. The summed E-state index contributed by atoms with van der Waals surface area (Å²) in [6.45, 7) is 0.917. The monoisotopic (exact) mass is 260 g/mol. The fourth-order valence-electron chi connectivity index (χ4n) is 1.25. The summed E-state index contributed by atoms with van der Waals surface area (Å²) in [5, 5.41) is 0. The van der Waals surface area contributed by atoms with Crippen LogP contribution in [0.15, 0.2) is 33.5 Å². The van der Waals surface area contributed by atoms with E-state index in [0.29, 0.717) is 6.04 Å². The lowest BCUT2D eigenvalue weighted by Gasteiger charge is -2.24. The third-order valence-corrected chi connectivity index (χ3v) is 2.48. The zero-order chi connectivity index (χ0) is 7.68. The molecule has 0 saturated carbocycles. The molecule has 1 aliphatic heterocycles. The first-order valence-electron chi connectivity index (χ1n) is 3.60. The molecule has 0 amide bonds. The standard InChI is InChI=1S/C8H9IN2/c9-7-1-2-8-6(5-7)3-4-10-11-8/h1-3,5,8,10-11H,4H2. The van der Waals surface area contributed by atoms with Crippen molar-refractivity contribution in [2.24, 2.45) is 0 Å². The lowest BCUT2D eigenvalue weighted by atomic mass is 10.0. The Kier molecular flexibility index (Phi) is 2.11. The van der Waals surface area contributed by atoms with Gasteiger partial charge in [-0.1, -0.05) is 18.2 Å². The maximum absolute atomic E-state index is 3.19. The second-order valence-electron chi connectivity index (χ2n) is 2.60. The largest absolute Gasteiger partial charge is 0.253 e. The molecule has 2 rings (SSSR count). The van der Waals surface area contributed by atoms with Crippen LogP contribution < -0.4 is 10.9 Å². The van der Waals surface area contributed by atoms with Crippen molar-refractivity contribution in [3.8, 4) is 0 Å². The molecule has 1 unspecified atom stereocenters. The molecule has 0 radical (unpaired) electrons. The molecule has 0 spiro atoms. The van der Waals surface area contributed by atoms with Crippen LogP contribution in [-0.2, 0) is 0 Å². The Morgan fingerprint density at radius 1 is 1.55 bits per heavy atom. The average Bonchev–Trinajstić information content (AvgIpc) is 2.04. The van der Waals surface area contributed by atoms with Crippen molar-refractivity contribution < 1.29 is 0 Å². The summed E-state index contributed by atoms with van der Waals surface area (Å²) in [7, 11) is 0. The van der Waals surface area contributed by atoms with E-state index in [1.807, 2.05) is 0 Å². The molecule has 1 aliphatic carbocycles. The molecule has 58 valence electrons.